The summed E-state index contributed by atoms with van der Waals surface area (Å²) in [5.41, 5.74) is 0.0785. The molecular weight excluding hydrogens is 148 g/mol. The van der Waals surface area contributed by atoms with Gasteiger partial charge in [-0.3, -0.25) is 4.79 Å². The molecule has 0 aromatic heterocycles. The second kappa shape index (κ2) is 4.44. The number of carbonyl (C=O) groups is 1. The van der Waals surface area contributed by atoms with E-state index in [1.807, 2.05) is 19.9 Å². The molecule has 0 rings (SSSR count). The summed E-state index contributed by atoms with van der Waals surface area (Å²) in [4.78, 5) is 11.5. The van der Waals surface area contributed by atoms with E-state index < -0.39 is 0 Å². The number of hydrogen-bond acceptors (Lipinski definition) is 1. The molecule has 0 N–H and O–H groups in total. The highest BCUT2D eigenvalue weighted by Crippen LogP contribution is 2.26. The molecule has 0 heterocycles. The van der Waals surface area contributed by atoms with Gasteiger partial charge in [0.2, 0.25) is 0 Å². The maximum absolute atomic E-state index is 11.5. The van der Waals surface area contributed by atoms with Gasteiger partial charge in [-0.25, -0.2) is 0 Å². The van der Waals surface area contributed by atoms with Crippen LogP contribution in [0.4, 0.5) is 0 Å². The lowest BCUT2D eigenvalue weighted by Crippen LogP contribution is -2.24. The van der Waals surface area contributed by atoms with Gasteiger partial charge in [0.15, 0.2) is 5.78 Å². The van der Waals surface area contributed by atoms with E-state index in [1.54, 1.807) is 6.08 Å². The van der Waals surface area contributed by atoms with E-state index in [0.717, 1.165) is 6.42 Å². The number of carbonyl (C=O) groups excluding carboxylic acids is 1. The van der Waals surface area contributed by atoms with E-state index in [0.29, 0.717) is 0 Å². The van der Waals surface area contributed by atoms with Crippen molar-refractivity contribution in [1.82, 2.24) is 0 Å². The topological polar surface area (TPSA) is 17.1 Å². The summed E-state index contributed by atoms with van der Waals surface area (Å²) >= 11 is 0. The molecule has 0 spiro atoms. The third-order valence-corrected chi connectivity index (χ3v) is 2.24. The summed E-state index contributed by atoms with van der Waals surface area (Å²) in [7, 11) is 0. The second-order valence-corrected chi connectivity index (χ2v) is 4.30. The van der Waals surface area contributed by atoms with Crippen LogP contribution in [0, 0.1) is 11.3 Å². The normalized spacial score (nSPS) is 15.1. The van der Waals surface area contributed by atoms with Crippen molar-refractivity contribution in [3.63, 3.8) is 0 Å². The van der Waals surface area contributed by atoms with Gasteiger partial charge >= 0.3 is 0 Å². The van der Waals surface area contributed by atoms with Crippen molar-refractivity contribution in [1.29, 1.82) is 0 Å². The highest BCUT2D eigenvalue weighted by atomic mass is 16.1. The summed E-state index contributed by atoms with van der Waals surface area (Å²) in [6, 6.07) is 0. The fourth-order valence-corrected chi connectivity index (χ4v) is 0.805. The Morgan fingerprint density at radius 3 is 2.25 bits per heavy atom. The van der Waals surface area contributed by atoms with Crippen LogP contribution in [0.1, 0.15) is 41.0 Å². The Bertz CT molecular complexity index is 172. The van der Waals surface area contributed by atoms with E-state index in [4.69, 9.17) is 0 Å². The Morgan fingerprint density at radius 1 is 1.42 bits per heavy atom. The molecule has 1 heteroatoms. The molecule has 0 aromatic carbocycles. The molecule has 0 fully saturated rings. The zero-order valence-corrected chi connectivity index (χ0v) is 8.85. The average Bonchev–Trinajstić information content (AvgIpc) is 1.97. The Labute approximate surface area is 75.9 Å². The quantitative estimate of drug-likeness (QED) is 0.591. The van der Waals surface area contributed by atoms with Crippen molar-refractivity contribution < 1.29 is 4.79 Å². The van der Waals surface area contributed by atoms with Crippen LogP contribution in [0.15, 0.2) is 12.2 Å². The van der Waals surface area contributed by atoms with E-state index >= 15 is 0 Å². The van der Waals surface area contributed by atoms with Gasteiger partial charge in [-0.05, 0) is 17.9 Å². The maximum atomic E-state index is 11.5. The largest absolute Gasteiger partial charge is 0.295 e. The van der Waals surface area contributed by atoms with Crippen molar-refractivity contribution >= 4 is 5.78 Å². The molecule has 0 radical (unpaired) electrons. The molecule has 0 aliphatic carbocycles. The van der Waals surface area contributed by atoms with E-state index in [-0.39, 0.29) is 17.1 Å². The minimum Gasteiger partial charge on any atom is -0.295 e. The molecule has 0 aliphatic rings. The number of allylic oxidation sites excluding steroid dienone is 2. The predicted molar refractivity (Wildman–Crippen MR) is 53.1 cm³/mol. The van der Waals surface area contributed by atoms with Crippen LogP contribution in [0.3, 0.4) is 0 Å². The van der Waals surface area contributed by atoms with Crippen LogP contribution in [-0.4, -0.2) is 5.78 Å². The standard InChI is InChI=1S/C11H20O/c1-6-7-8-10(12)9(2)11(3,4)5/h7-9H,6H2,1-5H3. The third-order valence-electron chi connectivity index (χ3n) is 2.24. The molecule has 70 valence electrons. The zero-order chi connectivity index (χ0) is 9.78. The lowest BCUT2D eigenvalue weighted by atomic mass is 9.79. The lowest BCUT2D eigenvalue weighted by Gasteiger charge is -2.24. The number of ketones is 1. The zero-order valence-electron chi connectivity index (χ0n) is 8.85. The maximum Gasteiger partial charge on any atom is 0.158 e. The molecule has 0 bridgehead atoms. The minimum absolute atomic E-state index is 0.0785. The second-order valence-electron chi connectivity index (χ2n) is 4.30. The summed E-state index contributed by atoms with van der Waals surface area (Å²) in [5.74, 6) is 0.352. The summed E-state index contributed by atoms with van der Waals surface area (Å²) in [5, 5.41) is 0. The Balaban J connectivity index is 4.21. The fraction of sp³-hybridized carbons (Fsp3) is 0.727. The Morgan fingerprint density at radius 2 is 1.92 bits per heavy atom. The van der Waals surface area contributed by atoms with Gasteiger partial charge in [-0.1, -0.05) is 40.7 Å². The SMILES string of the molecule is CCC=CC(=O)C(C)C(C)(C)C. The van der Waals surface area contributed by atoms with Crippen molar-refractivity contribution in [3.8, 4) is 0 Å². The summed E-state index contributed by atoms with van der Waals surface area (Å²) < 4.78 is 0. The van der Waals surface area contributed by atoms with Crippen LogP contribution in [0.2, 0.25) is 0 Å². The van der Waals surface area contributed by atoms with Gasteiger partial charge in [-0.2, -0.15) is 0 Å². The number of rotatable bonds is 3. The van der Waals surface area contributed by atoms with Crippen molar-refractivity contribution in [2.45, 2.75) is 41.0 Å². The first kappa shape index (κ1) is 11.4. The first-order valence-corrected chi connectivity index (χ1v) is 4.60. The van der Waals surface area contributed by atoms with E-state index in [1.165, 1.54) is 0 Å². The van der Waals surface area contributed by atoms with Crippen LogP contribution in [0.5, 0.6) is 0 Å². The molecule has 1 atom stereocenters. The monoisotopic (exact) mass is 168 g/mol. The summed E-state index contributed by atoms with van der Waals surface area (Å²) in [6.45, 7) is 10.3. The first-order chi connectivity index (χ1) is 5.39. The predicted octanol–water partition coefficient (Wildman–Crippen LogP) is 3.20. The molecule has 12 heavy (non-hydrogen) atoms. The Kier molecular flexibility index (Phi) is 4.22. The molecule has 1 unspecified atom stereocenters. The van der Waals surface area contributed by atoms with Gasteiger partial charge in [0, 0.05) is 5.92 Å². The smallest absolute Gasteiger partial charge is 0.158 e. The molecule has 0 amide bonds. The number of hydrogen-bond donors (Lipinski definition) is 0. The molecule has 0 saturated carbocycles. The van der Waals surface area contributed by atoms with E-state index in [9.17, 15) is 4.79 Å². The fourth-order valence-electron chi connectivity index (χ4n) is 0.805. The van der Waals surface area contributed by atoms with Crippen molar-refractivity contribution in [3.05, 3.63) is 12.2 Å². The van der Waals surface area contributed by atoms with Gasteiger partial charge in [0.1, 0.15) is 0 Å². The van der Waals surface area contributed by atoms with Crippen LogP contribution in [0.25, 0.3) is 0 Å². The molecule has 0 saturated heterocycles. The van der Waals surface area contributed by atoms with E-state index in [2.05, 4.69) is 20.8 Å². The molecular formula is C11H20O. The van der Waals surface area contributed by atoms with Gasteiger partial charge in [0.05, 0.1) is 0 Å². The van der Waals surface area contributed by atoms with Crippen molar-refractivity contribution in [2.24, 2.45) is 11.3 Å². The lowest BCUT2D eigenvalue weighted by molar-refractivity contribution is -0.120. The van der Waals surface area contributed by atoms with Gasteiger partial charge in [-0.15, -0.1) is 0 Å². The van der Waals surface area contributed by atoms with Crippen LogP contribution >= 0.6 is 0 Å². The summed E-state index contributed by atoms with van der Waals surface area (Å²) in [6.07, 6.45) is 4.56. The molecule has 1 nitrogen and oxygen atoms in total. The van der Waals surface area contributed by atoms with Crippen LogP contribution < -0.4 is 0 Å². The molecule has 0 aliphatic heterocycles. The van der Waals surface area contributed by atoms with Gasteiger partial charge < -0.3 is 0 Å². The highest BCUT2D eigenvalue weighted by Gasteiger charge is 2.24. The third kappa shape index (κ3) is 3.70. The van der Waals surface area contributed by atoms with Crippen LogP contribution in [-0.2, 0) is 4.79 Å². The average molecular weight is 168 g/mol. The minimum atomic E-state index is 0.0785. The molecule has 0 aromatic rings. The first-order valence-electron chi connectivity index (χ1n) is 4.60. The van der Waals surface area contributed by atoms with Crippen molar-refractivity contribution in [2.75, 3.05) is 0 Å². The Hall–Kier alpha value is -0.590. The van der Waals surface area contributed by atoms with Gasteiger partial charge in [0.25, 0.3) is 0 Å². The highest BCUT2D eigenvalue weighted by molar-refractivity contribution is 5.91.